The first kappa shape index (κ1) is 11.6. The molecule has 88 valence electrons. The highest BCUT2D eigenvalue weighted by Gasteiger charge is 2.29. The van der Waals surface area contributed by atoms with Crippen molar-refractivity contribution in [3.8, 4) is 0 Å². The number of likely N-dealkylation sites (tertiary alicyclic amines) is 1. The van der Waals surface area contributed by atoms with Gasteiger partial charge in [-0.05, 0) is 24.8 Å². The highest BCUT2D eigenvalue weighted by molar-refractivity contribution is 5.14. The summed E-state index contributed by atoms with van der Waals surface area (Å²) in [5.74, 6) is 0.389. The highest BCUT2D eigenvalue weighted by Crippen LogP contribution is 2.23. The smallest absolute Gasteiger partial charge is 0.0592 e. The molecule has 0 bridgehead atoms. The SMILES string of the molecule is C[C@H]1CN(Cc2ccccc2)[C@@H](C)C[C@@H]1O. The van der Waals surface area contributed by atoms with Gasteiger partial charge in [-0.3, -0.25) is 4.90 Å². The van der Waals surface area contributed by atoms with Crippen LogP contribution in [0, 0.1) is 5.92 Å². The summed E-state index contributed by atoms with van der Waals surface area (Å²) >= 11 is 0. The third kappa shape index (κ3) is 2.63. The molecular weight excluding hydrogens is 198 g/mol. The molecule has 2 nitrogen and oxygen atoms in total. The van der Waals surface area contributed by atoms with Gasteiger partial charge in [-0.25, -0.2) is 0 Å². The molecule has 2 heteroatoms. The van der Waals surface area contributed by atoms with Crippen molar-refractivity contribution in [2.75, 3.05) is 6.54 Å². The first-order chi connectivity index (χ1) is 7.66. The van der Waals surface area contributed by atoms with Crippen LogP contribution >= 0.6 is 0 Å². The normalized spacial score (nSPS) is 31.6. The number of benzene rings is 1. The minimum absolute atomic E-state index is 0.123. The van der Waals surface area contributed by atoms with Crippen LogP contribution in [-0.4, -0.2) is 28.7 Å². The Morgan fingerprint density at radius 1 is 1.25 bits per heavy atom. The number of rotatable bonds is 2. The fourth-order valence-electron chi connectivity index (χ4n) is 2.44. The largest absolute Gasteiger partial charge is 0.393 e. The predicted molar refractivity (Wildman–Crippen MR) is 66.1 cm³/mol. The van der Waals surface area contributed by atoms with Crippen molar-refractivity contribution >= 4 is 0 Å². The number of hydrogen-bond acceptors (Lipinski definition) is 2. The zero-order chi connectivity index (χ0) is 11.5. The van der Waals surface area contributed by atoms with E-state index in [1.807, 2.05) is 0 Å². The van der Waals surface area contributed by atoms with E-state index >= 15 is 0 Å². The molecule has 0 spiro atoms. The Morgan fingerprint density at radius 3 is 2.62 bits per heavy atom. The molecule has 3 atom stereocenters. The van der Waals surface area contributed by atoms with Gasteiger partial charge in [-0.1, -0.05) is 37.3 Å². The summed E-state index contributed by atoms with van der Waals surface area (Å²) in [6, 6.07) is 11.0. The van der Waals surface area contributed by atoms with Crippen LogP contribution in [-0.2, 0) is 6.54 Å². The third-order valence-corrected chi connectivity index (χ3v) is 3.61. The number of hydrogen-bond donors (Lipinski definition) is 1. The predicted octanol–water partition coefficient (Wildman–Crippen LogP) is 2.28. The number of nitrogens with zero attached hydrogens (tertiary/aromatic N) is 1. The Morgan fingerprint density at radius 2 is 1.94 bits per heavy atom. The Bertz CT molecular complexity index is 325. The first-order valence-electron chi connectivity index (χ1n) is 6.13. The summed E-state index contributed by atoms with van der Waals surface area (Å²) in [6.07, 6.45) is 0.774. The maximum Gasteiger partial charge on any atom is 0.0592 e. The lowest BCUT2D eigenvalue weighted by molar-refractivity contribution is 0.00194. The van der Waals surface area contributed by atoms with Gasteiger partial charge < -0.3 is 5.11 Å². The molecule has 1 aliphatic heterocycles. The quantitative estimate of drug-likeness (QED) is 0.825. The average Bonchev–Trinajstić information content (AvgIpc) is 2.27. The van der Waals surface area contributed by atoms with Gasteiger partial charge in [0.1, 0.15) is 0 Å². The summed E-state index contributed by atoms with van der Waals surface area (Å²) in [4.78, 5) is 2.46. The van der Waals surface area contributed by atoms with E-state index in [9.17, 15) is 5.11 Å². The van der Waals surface area contributed by atoms with Crippen molar-refractivity contribution in [1.82, 2.24) is 4.90 Å². The topological polar surface area (TPSA) is 23.5 Å². The van der Waals surface area contributed by atoms with Crippen LogP contribution in [0.25, 0.3) is 0 Å². The number of aliphatic hydroxyl groups excluding tert-OH is 1. The average molecular weight is 219 g/mol. The van der Waals surface area contributed by atoms with Crippen molar-refractivity contribution in [3.63, 3.8) is 0 Å². The van der Waals surface area contributed by atoms with Gasteiger partial charge in [0, 0.05) is 19.1 Å². The molecule has 1 aromatic rings. The molecule has 1 N–H and O–H groups in total. The summed E-state index contributed by atoms with van der Waals surface area (Å²) in [5, 5.41) is 9.81. The lowest BCUT2D eigenvalue weighted by Gasteiger charge is -2.39. The van der Waals surface area contributed by atoms with E-state index in [0.29, 0.717) is 12.0 Å². The number of piperidine rings is 1. The summed E-state index contributed by atoms with van der Waals surface area (Å²) in [5.41, 5.74) is 1.36. The molecule has 1 saturated heterocycles. The highest BCUT2D eigenvalue weighted by atomic mass is 16.3. The van der Waals surface area contributed by atoms with E-state index in [4.69, 9.17) is 0 Å². The lowest BCUT2D eigenvalue weighted by atomic mass is 9.91. The van der Waals surface area contributed by atoms with Gasteiger partial charge in [0.2, 0.25) is 0 Å². The third-order valence-electron chi connectivity index (χ3n) is 3.61. The fraction of sp³-hybridized carbons (Fsp3) is 0.571. The second-order valence-corrected chi connectivity index (χ2v) is 5.04. The number of aliphatic hydroxyl groups is 1. The van der Waals surface area contributed by atoms with Crippen molar-refractivity contribution in [2.24, 2.45) is 5.92 Å². The molecule has 0 radical (unpaired) electrons. The molecule has 0 unspecified atom stereocenters. The van der Waals surface area contributed by atoms with E-state index in [0.717, 1.165) is 19.5 Å². The van der Waals surface area contributed by atoms with Crippen molar-refractivity contribution < 1.29 is 5.11 Å². The van der Waals surface area contributed by atoms with Crippen LogP contribution < -0.4 is 0 Å². The standard InChI is InChI=1S/C14H21NO/c1-11-9-15(12(2)8-14(11)16)10-13-6-4-3-5-7-13/h3-7,11-12,14,16H,8-10H2,1-2H3/t11-,12-,14-/m0/s1. The van der Waals surface area contributed by atoms with Crippen LogP contribution in [0.15, 0.2) is 30.3 Å². The van der Waals surface area contributed by atoms with Gasteiger partial charge in [0.15, 0.2) is 0 Å². The van der Waals surface area contributed by atoms with Crippen LogP contribution in [0.5, 0.6) is 0 Å². The fourth-order valence-corrected chi connectivity index (χ4v) is 2.44. The van der Waals surface area contributed by atoms with Gasteiger partial charge in [0.25, 0.3) is 0 Å². The van der Waals surface area contributed by atoms with Crippen LogP contribution in [0.1, 0.15) is 25.8 Å². The van der Waals surface area contributed by atoms with E-state index in [-0.39, 0.29) is 6.10 Å². The van der Waals surface area contributed by atoms with Gasteiger partial charge >= 0.3 is 0 Å². The Hall–Kier alpha value is -0.860. The summed E-state index contributed by atoms with van der Waals surface area (Å²) in [7, 11) is 0. The monoisotopic (exact) mass is 219 g/mol. The molecule has 1 aliphatic rings. The second kappa shape index (κ2) is 4.98. The molecule has 0 aromatic heterocycles. The van der Waals surface area contributed by atoms with Gasteiger partial charge in [-0.15, -0.1) is 0 Å². The molecule has 2 rings (SSSR count). The van der Waals surface area contributed by atoms with E-state index in [1.54, 1.807) is 0 Å². The van der Waals surface area contributed by atoms with Crippen molar-refractivity contribution in [3.05, 3.63) is 35.9 Å². The molecule has 0 saturated carbocycles. The first-order valence-corrected chi connectivity index (χ1v) is 6.13. The lowest BCUT2D eigenvalue weighted by Crippen LogP contribution is -2.46. The zero-order valence-corrected chi connectivity index (χ0v) is 10.1. The van der Waals surface area contributed by atoms with Crippen molar-refractivity contribution in [2.45, 2.75) is 39.0 Å². The Balaban J connectivity index is 2.00. The van der Waals surface area contributed by atoms with E-state index in [2.05, 4.69) is 49.1 Å². The minimum Gasteiger partial charge on any atom is -0.393 e. The second-order valence-electron chi connectivity index (χ2n) is 5.04. The van der Waals surface area contributed by atoms with Crippen LogP contribution in [0.4, 0.5) is 0 Å². The zero-order valence-electron chi connectivity index (χ0n) is 10.1. The maximum atomic E-state index is 9.81. The van der Waals surface area contributed by atoms with E-state index < -0.39 is 0 Å². The maximum absolute atomic E-state index is 9.81. The Labute approximate surface area is 97.9 Å². The molecule has 1 heterocycles. The molecule has 16 heavy (non-hydrogen) atoms. The minimum atomic E-state index is -0.123. The van der Waals surface area contributed by atoms with Crippen molar-refractivity contribution in [1.29, 1.82) is 0 Å². The molecule has 0 aliphatic carbocycles. The summed E-state index contributed by atoms with van der Waals surface area (Å²) < 4.78 is 0. The molecular formula is C14H21NO. The molecule has 1 aromatic carbocycles. The van der Waals surface area contributed by atoms with Gasteiger partial charge in [-0.2, -0.15) is 0 Å². The van der Waals surface area contributed by atoms with E-state index in [1.165, 1.54) is 5.56 Å². The summed E-state index contributed by atoms with van der Waals surface area (Å²) in [6.45, 7) is 6.34. The molecule has 1 fully saturated rings. The van der Waals surface area contributed by atoms with Crippen LogP contribution in [0.3, 0.4) is 0 Å². The Kier molecular flexibility index (Phi) is 3.62. The van der Waals surface area contributed by atoms with Crippen LogP contribution in [0.2, 0.25) is 0 Å². The molecule has 0 amide bonds. The van der Waals surface area contributed by atoms with Gasteiger partial charge in [0.05, 0.1) is 6.10 Å².